The van der Waals surface area contributed by atoms with E-state index in [0.717, 1.165) is 0 Å². The lowest BCUT2D eigenvalue weighted by Gasteiger charge is -2.06. The van der Waals surface area contributed by atoms with Crippen LogP contribution in [0.4, 0.5) is 4.39 Å². The van der Waals surface area contributed by atoms with E-state index in [1.54, 1.807) is 24.3 Å². The largest absolute Gasteiger partial charge is 0.345 e. The highest BCUT2D eigenvalue weighted by atomic mass is 127. The Balaban J connectivity index is 2.00. The molecule has 0 spiro atoms. The number of ketones is 1. The molecule has 0 heterocycles. The highest BCUT2D eigenvalue weighted by molar-refractivity contribution is 14.1. The van der Waals surface area contributed by atoms with Crippen molar-refractivity contribution in [3.8, 4) is 0 Å². The van der Waals surface area contributed by atoms with Crippen LogP contribution in [0.25, 0.3) is 0 Å². The molecule has 3 nitrogen and oxygen atoms in total. The second kappa shape index (κ2) is 6.60. The molecule has 0 unspecified atom stereocenters. The third-order valence-corrected chi connectivity index (χ3v) is 3.57. The maximum absolute atomic E-state index is 13.0. The zero-order valence-electron chi connectivity index (χ0n) is 10.4. The molecule has 1 N–H and O–H groups in total. The first-order valence-corrected chi connectivity index (χ1v) is 6.97. The molecular formula is C15H11FINO2. The Labute approximate surface area is 129 Å². The summed E-state index contributed by atoms with van der Waals surface area (Å²) in [7, 11) is 0. The maximum atomic E-state index is 13.0. The van der Waals surface area contributed by atoms with Crippen molar-refractivity contribution in [1.82, 2.24) is 5.32 Å². The van der Waals surface area contributed by atoms with Gasteiger partial charge in [-0.05, 0) is 40.8 Å². The van der Waals surface area contributed by atoms with Gasteiger partial charge in [0, 0.05) is 9.13 Å². The quantitative estimate of drug-likeness (QED) is 0.652. The molecule has 0 saturated carbocycles. The second-order valence-electron chi connectivity index (χ2n) is 4.10. The average Bonchev–Trinajstić information content (AvgIpc) is 2.45. The summed E-state index contributed by atoms with van der Waals surface area (Å²) in [5, 5.41) is 2.54. The van der Waals surface area contributed by atoms with E-state index >= 15 is 0 Å². The van der Waals surface area contributed by atoms with Gasteiger partial charge in [-0.2, -0.15) is 0 Å². The molecular weight excluding hydrogens is 372 g/mol. The normalized spacial score (nSPS) is 10.1. The fourth-order valence-corrected chi connectivity index (χ4v) is 2.38. The van der Waals surface area contributed by atoms with Gasteiger partial charge in [0.05, 0.1) is 12.1 Å². The van der Waals surface area contributed by atoms with Gasteiger partial charge < -0.3 is 5.32 Å². The Morgan fingerprint density at radius 3 is 2.45 bits per heavy atom. The predicted octanol–water partition coefficient (Wildman–Crippen LogP) is 3.04. The van der Waals surface area contributed by atoms with Gasteiger partial charge in [-0.25, -0.2) is 4.39 Å². The van der Waals surface area contributed by atoms with Gasteiger partial charge in [-0.3, -0.25) is 9.59 Å². The molecule has 2 rings (SSSR count). The minimum atomic E-state index is -0.397. The van der Waals surface area contributed by atoms with Crippen LogP contribution >= 0.6 is 22.6 Å². The molecule has 0 atom stereocenters. The molecule has 0 fully saturated rings. The van der Waals surface area contributed by atoms with E-state index in [1.807, 2.05) is 28.7 Å². The van der Waals surface area contributed by atoms with Crippen molar-refractivity contribution in [2.75, 3.05) is 6.54 Å². The van der Waals surface area contributed by atoms with E-state index in [1.165, 1.54) is 18.2 Å². The van der Waals surface area contributed by atoms with Gasteiger partial charge in [-0.15, -0.1) is 0 Å². The van der Waals surface area contributed by atoms with Crippen molar-refractivity contribution in [3.63, 3.8) is 0 Å². The van der Waals surface area contributed by atoms with Gasteiger partial charge in [0.15, 0.2) is 5.78 Å². The molecule has 0 bridgehead atoms. The van der Waals surface area contributed by atoms with Gasteiger partial charge in [0.2, 0.25) is 0 Å². The van der Waals surface area contributed by atoms with Crippen LogP contribution in [0.1, 0.15) is 20.7 Å². The molecule has 102 valence electrons. The molecule has 0 saturated heterocycles. The Bertz CT molecular complexity index is 644. The zero-order valence-corrected chi connectivity index (χ0v) is 12.6. The third kappa shape index (κ3) is 3.63. The van der Waals surface area contributed by atoms with Crippen molar-refractivity contribution in [1.29, 1.82) is 0 Å². The summed E-state index contributed by atoms with van der Waals surface area (Å²) in [6, 6.07) is 12.6. The van der Waals surface area contributed by atoms with E-state index < -0.39 is 11.7 Å². The molecule has 5 heteroatoms. The van der Waals surface area contributed by atoms with E-state index in [0.29, 0.717) is 14.7 Å². The minimum absolute atomic E-state index is 0.0870. The number of benzene rings is 2. The lowest BCUT2D eigenvalue weighted by molar-refractivity contribution is 0.0903. The molecule has 0 radical (unpaired) electrons. The van der Waals surface area contributed by atoms with Crippen LogP contribution in [0, 0.1) is 9.39 Å². The number of carbonyl (C=O) groups excluding carboxylic acids is 2. The number of halogens is 2. The number of Topliss-reactive ketones (excluding diaryl/α,β-unsaturated/α-hetero) is 1. The topological polar surface area (TPSA) is 46.2 Å². The number of rotatable bonds is 4. The van der Waals surface area contributed by atoms with Crippen molar-refractivity contribution in [2.24, 2.45) is 0 Å². The molecule has 0 aliphatic carbocycles. The van der Waals surface area contributed by atoms with Crippen molar-refractivity contribution >= 4 is 34.3 Å². The lowest BCUT2D eigenvalue weighted by atomic mass is 10.1. The fourth-order valence-electron chi connectivity index (χ4n) is 1.66. The van der Waals surface area contributed by atoms with Crippen LogP contribution in [-0.4, -0.2) is 18.2 Å². The van der Waals surface area contributed by atoms with Gasteiger partial charge in [0.1, 0.15) is 5.82 Å². The first-order chi connectivity index (χ1) is 9.58. The van der Waals surface area contributed by atoms with E-state index in [-0.39, 0.29) is 12.3 Å². The van der Waals surface area contributed by atoms with Gasteiger partial charge >= 0.3 is 0 Å². The van der Waals surface area contributed by atoms with Crippen LogP contribution in [0.15, 0.2) is 48.5 Å². The predicted molar refractivity (Wildman–Crippen MR) is 82.2 cm³/mol. The van der Waals surface area contributed by atoms with Crippen molar-refractivity contribution in [3.05, 3.63) is 69.0 Å². The smallest absolute Gasteiger partial charge is 0.252 e. The summed E-state index contributed by atoms with van der Waals surface area (Å²) in [5.74, 6) is -0.957. The Morgan fingerprint density at radius 2 is 1.80 bits per heavy atom. The second-order valence-corrected chi connectivity index (χ2v) is 5.26. The first-order valence-electron chi connectivity index (χ1n) is 5.89. The third-order valence-electron chi connectivity index (χ3n) is 2.68. The monoisotopic (exact) mass is 383 g/mol. The number of hydrogen-bond donors (Lipinski definition) is 1. The SMILES string of the molecule is O=C(CNC(=O)c1ccc(F)cc1I)c1ccccc1. The van der Waals surface area contributed by atoms with E-state index in [2.05, 4.69) is 5.32 Å². The lowest BCUT2D eigenvalue weighted by Crippen LogP contribution is -2.30. The van der Waals surface area contributed by atoms with Crippen molar-refractivity contribution in [2.45, 2.75) is 0 Å². The molecule has 20 heavy (non-hydrogen) atoms. The average molecular weight is 383 g/mol. The Kier molecular flexibility index (Phi) is 4.84. The van der Waals surface area contributed by atoms with Crippen molar-refractivity contribution < 1.29 is 14.0 Å². The summed E-state index contributed by atoms with van der Waals surface area (Å²) in [5.41, 5.74) is 0.898. The van der Waals surface area contributed by atoms with Crippen LogP contribution in [-0.2, 0) is 0 Å². The summed E-state index contributed by atoms with van der Waals surface area (Å²) in [6.45, 7) is -0.0870. The molecule has 2 aromatic carbocycles. The van der Waals surface area contributed by atoms with E-state index in [9.17, 15) is 14.0 Å². The highest BCUT2D eigenvalue weighted by Crippen LogP contribution is 2.13. The van der Waals surface area contributed by atoms with E-state index in [4.69, 9.17) is 0 Å². The molecule has 0 aliphatic heterocycles. The number of carbonyl (C=O) groups is 2. The Morgan fingerprint density at radius 1 is 1.10 bits per heavy atom. The minimum Gasteiger partial charge on any atom is -0.345 e. The molecule has 0 aromatic heterocycles. The first kappa shape index (κ1) is 14.6. The number of amides is 1. The number of nitrogens with one attached hydrogen (secondary N) is 1. The standard InChI is InChI=1S/C15H11FINO2/c16-11-6-7-12(13(17)8-11)15(20)18-9-14(19)10-4-2-1-3-5-10/h1-8H,9H2,(H,18,20). The van der Waals surface area contributed by atoms with Crippen LogP contribution in [0.3, 0.4) is 0 Å². The van der Waals surface area contributed by atoms with Crippen LogP contribution in [0.2, 0.25) is 0 Å². The van der Waals surface area contributed by atoms with Gasteiger partial charge in [0.25, 0.3) is 5.91 Å². The summed E-state index contributed by atoms with van der Waals surface area (Å²) in [6.07, 6.45) is 0. The number of hydrogen-bond acceptors (Lipinski definition) is 2. The highest BCUT2D eigenvalue weighted by Gasteiger charge is 2.12. The van der Waals surface area contributed by atoms with Gasteiger partial charge in [-0.1, -0.05) is 30.3 Å². The summed E-state index contributed by atoms with van der Waals surface area (Å²) < 4.78 is 13.5. The molecule has 2 aromatic rings. The Hall–Kier alpha value is -1.76. The fraction of sp³-hybridized carbons (Fsp3) is 0.0667. The molecule has 0 aliphatic rings. The summed E-state index contributed by atoms with van der Waals surface area (Å²) in [4.78, 5) is 23.8. The van der Waals surface area contributed by atoms with Crippen LogP contribution < -0.4 is 5.32 Å². The van der Waals surface area contributed by atoms with Crippen LogP contribution in [0.5, 0.6) is 0 Å². The maximum Gasteiger partial charge on any atom is 0.252 e. The zero-order chi connectivity index (χ0) is 14.5. The molecule has 1 amide bonds. The summed E-state index contributed by atoms with van der Waals surface area (Å²) >= 11 is 1.88.